The summed E-state index contributed by atoms with van der Waals surface area (Å²) in [4.78, 5) is 92.6. The standard InChI is InChI=1S/C42H57N5O12/c1-41(2,3)58-34(49)22-31(35(50)44-30(37(52)47-21-13-19-33(47)38(53)54)18-11-12-20-43-39(55)59-42(4,5)6)45-36(51)32(23-48)46-40(56)57-24-29-27-16-9-7-14-25(27)26-15-8-10-17-28(26)29/h7-10,14-17,29-33,48H,11-13,18-24H2,1-6H3,(H,43,55)(H,44,50)(H,45,51)(H,46,56)(H,53,54)/t30-,31-,32-,33-/m0/s1. The highest BCUT2D eigenvalue weighted by molar-refractivity contribution is 5.96. The summed E-state index contributed by atoms with van der Waals surface area (Å²) in [5, 5.41) is 29.9. The molecule has 4 atom stereocenters. The number of likely N-dealkylation sites (tertiary alicyclic amines) is 1. The Kier molecular flexibility index (Phi) is 15.8. The van der Waals surface area contributed by atoms with Gasteiger partial charge < -0.3 is 50.6 Å². The zero-order valence-electron chi connectivity index (χ0n) is 34.5. The lowest BCUT2D eigenvalue weighted by Gasteiger charge is -2.29. The summed E-state index contributed by atoms with van der Waals surface area (Å²) in [5.41, 5.74) is 2.29. The van der Waals surface area contributed by atoms with Gasteiger partial charge in [-0.3, -0.25) is 19.2 Å². The van der Waals surface area contributed by atoms with Crippen LogP contribution in [0.1, 0.15) is 97.1 Å². The number of carbonyl (C=O) groups excluding carboxylic acids is 6. The van der Waals surface area contributed by atoms with E-state index in [0.29, 0.717) is 12.8 Å². The van der Waals surface area contributed by atoms with Crippen LogP contribution >= 0.6 is 0 Å². The summed E-state index contributed by atoms with van der Waals surface area (Å²) in [6.45, 7) is 9.34. The molecule has 0 aromatic heterocycles. The molecule has 1 aliphatic carbocycles. The number of unbranched alkanes of at least 4 members (excludes halogenated alkanes) is 1. The second-order valence-corrected chi connectivity index (χ2v) is 16.6. The van der Waals surface area contributed by atoms with Crippen molar-refractivity contribution in [3.8, 4) is 11.1 Å². The van der Waals surface area contributed by atoms with Crippen LogP contribution in [0, 0.1) is 0 Å². The number of aliphatic hydroxyl groups is 1. The molecule has 4 rings (SSSR count). The summed E-state index contributed by atoms with van der Waals surface area (Å²) >= 11 is 0. The van der Waals surface area contributed by atoms with Gasteiger partial charge in [0.15, 0.2) is 0 Å². The third-order valence-corrected chi connectivity index (χ3v) is 9.58. The number of nitrogens with zero attached hydrogens (tertiary/aromatic N) is 1. The van der Waals surface area contributed by atoms with Crippen LogP contribution < -0.4 is 21.3 Å². The van der Waals surface area contributed by atoms with E-state index in [-0.39, 0.29) is 44.9 Å². The first-order valence-corrected chi connectivity index (χ1v) is 19.8. The molecule has 2 aromatic rings. The predicted molar refractivity (Wildman–Crippen MR) is 214 cm³/mol. The smallest absolute Gasteiger partial charge is 0.407 e. The highest BCUT2D eigenvalue weighted by Gasteiger charge is 2.39. The summed E-state index contributed by atoms with van der Waals surface area (Å²) in [6.07, 6.45) is -1.03. The number of aliphatic hydroxyl groups excluding tert-OH is 1. The van der Waals surface area contributed by atoms with Crippen molar-refractivity contribution < 1.29 is 58.0 Å². The fourth-order valence-corrected chi connectivity index (χ4v) is 7.00. The summed E-state index contributed by atoms with van der Waals surface area (Å²) in [5.74, 6) is -5.03. The molecule has 1 saturated heterocycles. The number of benzene rings is 2. The number of esters is 1. The number of carbonyl (C=O) groups is 7. The number of ether oxygens (including phenoxy) is 3. The van der Waals surface area contributed by atoms with E-state index in [1.54, 1.807) is 41.5 Å². The van der Waals surface area contributed by atoms with E-state index < -0.39 is 90.2 Å². The Morgan fingerprint density at radius 3 is 1.92 bits per heavy atom. The first-order valence-electron chi connectivity index (χ1n) is 19.8. The van der Waals surface area contributed by atoms with Crippen molar-refractivity contribution in [1.29, 1.82) is 0 Å². The van der Waals surface area contributed by atoms with Crippen molar-refractivity contribution >= 4 is 41.8 Å². The molecule has 6 N–H and O–H groups in total. The average molecular weight is 824 g/mol. The number of hydrogen-bond acceptors (Lipinski definition) is 11. The minimum Gasteiger partial charge on any atom is -0.480 e. The van der Waals surface area contributed by atoms with Crippen molar-refractivity contribution in [2.45, 2.75) is 121 Å². The molecule has 0 radical (unpaired) electrons. The van der Waals surface area contributed by atoms with Crippen LogP contribution in [0.2, 0.25) is 0 Å². The molecular formula is C42H57N5O12. The molecule has 5 amide bonds. The lowest BCUT2D eigenvalue weighted by atomic mass is 9.98. The van der Waals surface area contributed by atoms with Gasteiger partial charge in [-0.1, -0.05) is 48.5 Å². The average Bonchev–Trinajstić information content (AvgIpc) is 3.77. The molecule has 2 aromatic carbocycles. The Morgan fingerprint density at radius 2 is 1.34 bits per heavy atom. The Labute approximate surface area is 343 Å². The molecule has 1 aliphatic heterocycles. The van der Waals surface area contributed by atoms with Crippen molar-refractivity contribution in [2.24, 2.45) is 0 Å². The summed E-state index contributed by atoms with van der Waals surface area (Å²) < 4.78 is 16.2. The molecule has 0 saturated carbocycles. The van der Waals surface area contributed by atoms with Gasteiger partial charge in [0.1, 0.15) is 42.0 Å². The molecule has 59 heavy (non-hydrogen) atoms. The van der Waals surface area contributed by atoms with Crippen LogP contribution in [0.3, 0.4) is 0 Å². The number of hydrogen-bond donors (Lipinski definition) is 6. The lowest BCUT2D eigenvalue weighted by Crippen LogP contribution is -2.58. The van der Waals surface area contributed by atoms with Crippen LogP contribution in [-0.4, -0.2) is 119 Å². The zero-order chi connectivity index (χ0) is 43.5. The van der Waals surface area contributed by atoms with Crippen LogP contribution in [-0.2, 0) is 38.2 Å². The van der Waals surface area contributed by atoms with Crippen LogP contribution in [0.4, 0.5) is 9.59 Å². The fourth-order valence-electron chi connectivity index (χ4n) is 7.00. The van der Waals surface area contributed by atoms with Gasteiger partial charge in [0.25, 0.3) is 0 Å². The van der Waals surface area contributed by atoms with E-state index in [1.807, 2.05) is 48.5 Å². The SMILES string of the molecule is CC(C)(C)OC(=O)C[C@H](NC(=O)[C@H](CO)NC(=O)OCC1c2ccccc2-c2ccccc21)C(=O)N[C@@H](CCCCNC(=O)OC(C)(C)C)C(=O)N1CCC[C@H]1C(=O)O. The molecule has 17 heteroatoms. The van der Waals surface area contributed by atoms with Gasteiger partial charge in [0, 0.05) is 19.0 Å². The molecule has 1 heterocycles. The quantitative estimate of drug-likeness (QED) is 0.0765. The van der Waals surface area contributed by atoms with Gasteiger partial charge in [-0.25, -0.2) is 14.4 Å². The minimum absolute atomic E-state index is 0.0130. The molecule has 2 aliphatic rings. The van der Waals surface area contributed by atoms with Crippen LogP contribution in [0.15, 0.2) is 48.5 Å². The van der Waals surface area contributed by atoms with Gasteiger partial charge in [-0.15, -0.1) is 0 Å². The molecule has 0 unspecified atom stereocenters. The summed E-state index contributed by atoms with van der Waals surface area (Å²) in [7, 11) is 0. The van der Waals surface area contributed by atoms with Crippen LogP contribution in [0.25, 0.3) is 11.1 Å². The Hall–Kier alpha value is -5.71. The molecule has 0 bridgehead atoms. The van der Waals surface area contributed by atoms with Gasteiger partial charge in [0.2, 0.25) is 17.7 Å². The van der Waals surface area contributed by atoms with Crippen LogP contribution in [0.5, 0.6) is 0 Å². The van der Waals surface area contributed by atoms with Crippen molar-refractivity contribution in [2.75, 3.05) is 26.3 Å². The highest BCUT2D eigenvalue weighted by atomic mass is 16.6. The second kappa shape index (κ2) is 20.3. The number of fused-ring (bicyclic) bond motifs is 3. The normalized spacial score (nSPS) is 16.4. The molecule has 0 spiro atoms. The maximum absolute atomic E-state index is 14.0. The second-order valence-electron chi connectivity index (χ2n) is 16.6. The number of carboxylic acids is 1. The maximum atomic E-state index is 14.0. The minimum atomic E-state index is -1.66. The third-order valence-electron chi connectivity index (χ3n) is 9.58. The largest absolute Gasteiger partial charge is 0.480 e. The van der Waals surface area contributed by atoms with E-state index in [1.165, 1.54) is 4.90 Å². The third kappa shape index (κ3) is 13.4. The van der Waals surface area contributed by atoms with Gasteiger partial charge >= 0.3 is 24.1 Å². The van der Waals surface area contributed by atoms with E-state index in [0.717, 1.165) is 22.3 Å². The van der Waals surface area contributed by atoms with E-state index >= 15 is 0 Å². The number of amides is 5. The number of aliphatic carboxylic acids is 1. The summed E-state index contributed by atoms with van der Waals surface area (Å²) in [6, 6.07) is 9.79. The van der Waals surface area contributed by atoms with Crippen molar-refractivity contribution in [3.05, 3.63) is 59.7 Å². The number of rotatable bonds is 17. The monoisotopic (exact) mass is 823 g/mol. The lowest BCUT2D eigenvalue weighted by molar-refractivity contribution is -0.157. The fraction of sp³-hybridized carbons (Fsp3) is 0.548. The topological polar surface area (TPSA) is 239 Å². The highest BCUT2D eigenvalue weighted by Crippen LogP contribution is 2.44. The maximum Gasteiger partial charge on any atom is 0.407 e. The Balaban J connectivity index is 1.45. The molecule has 1 fully saturated rings. The first-order chi connectivity index (χ1) is 27.8. The van der Waals surface area contributed by atoms with E-state index in [4.69, 9.17) is 14.2 Å². The Morgan fingerprint density at radius 1 is 0.763 bits per heavy atom. The number of alkyl carbamates (subject to hydrolysis) is 2. The van der Waals surface area contributed by atoms with Crippen molar-refractivity contribution in [3.63, 3.8) is 0 Å². The van der Waals surface area contributed by atoms with Crippen molar-refractivity contribution in [1.82, 2.24) is 26.2 Å². The number of nitrogens with one attached hydrogen (secondary N) is 4. The molecule has 17 nitrogen and oxygen atoms in total. The van der Waals surface area contributed by atoms with Gasteiger partial charge in [-0.2, -0.15) is 0 Å². The van der Waals surface area contributed by atoms with Gasteiger partial charge in [-0.05, 0) is 95.9 Å². The molecular weight excluding hydrogens is 766 g/mol. The first kappa shape index (κ1) is 46.0. The molecule has 322 valence electrons. The Bertz CT molecular complexity index is 1810. The predicted octanol–water partition coefficient (Wildman–Crippen LogP) is 3.36. The van der Waals surface area contributed by atoms with E-state index in [2.05, 4.69) is 21.3 Å². The van der Waals surface area contributed by atoms with E-state index in [9.17, 15) is 43.8 Å². The zero-order valence-corrected chi connectivity index (χ0v) is 34.5. The number of carboxylic acid groups (broad SMARTS) is 1. The van der Waals surface area contributed by atoms with Gasteiger partial charge in [0.05, 0.1) is 13.0 Å².